The summed E-state index contributed by atoms with van der Waals surface area (Å²) in [5.74, 6) is 1.93. The highest BCUT2D eigenvalue weighted by Gasteiger charge is 2.24. The molecule has 1 aromatic carbocycles. The fourth-order valence-electron chi connectivity index (χ4n) is 2.94. The third kappa shape index (κ3) is 4.38. The molecule has 2 rings (SSSR count). The predicted molar refractivity (Wildman–Crippen MR) is 94.4 cm³/mol. The normalized spacial score (nSPS) is 15.6. The number of amides is 1. The van der Waals surface area contributed by atoms with Crippen LogP contribution in [-0.4, -0.2) is 51.2 Å². The van der Waals surface area contributed by atoms with Crippen LogP contribution in [0, 0.1) is 5.92 Å². The highest BCUT2D eigenvalue weighted by Crippen LogP contribution is 2.37. The lowest BCUT2D eigenvalue weighted by Crippen LogP contribution is -2.40. The topological polar surface area (TPSA) is 50.8 Å². The first-order valence-corrected chi connectivity index (χ1v) is 8.84. The zero-order valence-electron chi connectivity index (χ0n) is 14.0. The van der Waals surface area contributed by atoms with E-state index in [4.69, 9.17) is 9.47 Å². The van der Waals surface area contributed by atoms with Crippen LogP contribution in [0.3, 0.4) is 0 Å². The van der Waals surface area contributed by atoms with Crippen molar-refractivity contribution in [3.8, 4) is 11.5 Å². The number of methoxy groups -OCH3 is 1. The number of nitrogens with one attached hydrogen (secondary N) is 1. The molecule has 23 heavy (non-hydrogen) atoms. The Hall–Kier alpha value is -1.27. The molecule has 0 unspecified atom stereocenters. The summed E-state index contributed by atoms with van der Waals surface area (Å²) in [6.45, 7) is 5.09. The lowest BCUT2D eigenvalue weighted by atomic mass is 9.96. The van der Waals surface area contributed by atoms with Crippen molar-refractivity contribution >= 4 is 21.8 Å². The van der Waals surface area contributed by atoms with Gasteiger partial charge in [-0.05, 0) is 67.3 Å². The zero-order valence-corrected chi connectivity index (χ0v) is 15.6. The molecule has 1 heterocycles. The first kappa shape index (κ1) is 18.1. The zero-order chi connectivity index (χ0) is 16.8. The number of hydrogen-bond acceptors (Lipinski definition) is 4. The Balaban J connectivity index is 2.12. The fourth-order valence-corrected chi connectivity index (χ4v) is 3.50. The van der Waals surface area contributed by atoms with Gasteiger partial charge in [-0.1, -0.05) is 0 Å². The summed E-state index contributed by atoms with van der Waals surface area (Å²) in [6, 6.07) is 3.58. The molecule has 1 N–H and O–H groups in total. The van der Waals surface area contributed by atoms with E-state index in [-0.39, 0.29) is 5.91 Å². The molecular weight excluding hydrogens is 360 g/mol. The van der Waals surface area contributed by atoms with E-state index in [2.05, 4.69) is 21.2 Å². The summed E-state index contributed by atoms with van der Waals surface area (Å²) in [4.78, 5) is 14.7. The Kier molecular flexibility index (Phi) is 6.72. The first-order valence-electron chi connectivity index (χ1n) is 8.04. The number of likely N-dealkylation sites (tertiary alicyclic amines) is 1. The van der Waals surface area contributed by atoms with Crippen molar-refractivity contribution in [3.05, 3.63) is 22.2 Å². The van der Waals surface area contributed by atoms with Gasteiger partial charge in [-0.3, -0.25) is 4.79 Å². The van der Waals surface area contributed by atoms with Gasteiger partial charge >= 0.3 is 0 Å². The van der Waals surface area contributed by atoms with Crippen molar-refractivity contribution in [2.75, 3.05) is 40.4 Å². The number of nitrogens with zero attached hydrogens (tertiary/aromatic N) is 1. The van der Waals surface area contributed by atoms with Gasteiger partial charge < -0.3 is 19.7 Å². The number of carbonyl (C=O) groups is 1. The molecule has 1 amide bonds. The maximum absolute atomic E-state index is 12.7. The number of rotatable bonds is 6. The highest BCUT2D eigenvalue weighted by atomic mass is 79.9. The van der Waals surface area contributed by atoms with Crippen molar-refractivity contribution in [1.82, 2.24) is 10.2 Å². The summed E-state index contributed by atoms with van der Waals surface area (Å²) >= 11 is 3.48. The van der Waals surface area contributed by atoms with Crippen molar-refractivity contribution in [2.45, 2.75) is 19.8 Å². The van der Waals surface area contributed by atoms with Crippen molar-refractivity contribution in [2.24, 2.45) is 5.92 Å². The molecule has 0 atom stereocenters. The smallest absolute Gasteiger partial charge is 0.254 e. The summed E-state index contributed by atoms with van der Waals surface area (Å²) in [5.41, 5.74) is 0.629. The lowest BCUT2D eigenvalue weighted by Gasteiger charge is -2.32. The molecule has 1 fully saturated rings. The first-order chi connectivity index (χ1) is 11.1. The van der Waals surface area contributed by atoms with Crippen molar-refractivity contribution in [1.29, 1.82) is 0 Å². The van der Waals surface area contributed by atoms with Crippen LogP contribution in [-0.2, 0) is 0 Å². The van der Waals surface area contributed by atoms with E-state index in [1.165, 1.54) is 0 Å². The molecular formula is C17H25BrN2O3. The molecule has 0 saturated carbocycles. The van der Waals surface area contributed by atoms with Crippen LogP contribution < -0.4 is 14.8 Å². The van der Waals surface area contributed by atoms with Crippen LogP contribution in [0.25, 0.3) is 0 Å². The van der Waals surface area contributed by atoms with Crippen LogP contribution in [0.4, 0.5) is 0 Å². The van der Waals surface area contributed by atoms with Crippen LogP contribution in [0.15, 0.2) is 16.6 Å². The summed E-state index contributed by atoms with van der Waals surface area (Å²) in [7, 11) is 3.56. The highest BCUT2D eigenvalue weighted by molar-refractivity contribution is 9.10. The predicted octanol–water partition coefficient (Wildman–Crippen LogP) is 2.93. The van der Waals surface area contributed by atoms with E-state index in [0.717, 1.165) is 36.9 Å². The van der Waals surface area contributed by atoms with E-state index in [9.17, 15) is 4.79 Å². The van der Waals surface area contributed by atoms with Crippen LogP contribution in [0.1, 0.15) is 30.1 Å². The molecule has 0 radical (unpaired) electrons. The minimum Gasteiger partial charge on any atom is -0.493 e. The van der Waals surface area contributed by atoms with Gasteiger partial charge in [0.15, 0.2) is 11.5 Å². The summed E-state index contributed by atoms with van der Waals surface area (Å²) in [6.07, 6.45) is 2.09. The van der Waals surface area contributed by atoms with Gasteiger partial charge in [0.05, 0.1) is 18.2 Å². The van der Waals surface area contributed by atoms with Gasteiger partial charge in [0, 0.05) is 18.7 Å². The number of halogens is 1. The standard InChI is InChI=1S/C17H25BrN2O3/c1-4-23-16-14(18)9-13(10-15(16)22-3)17(21)20-7-5-12(6-8-20)11-19-2/h9-10,12,19H,4-8,11H2,1-3H3. The molecule has 1 aromatic rings. The minimum atomic E-state index is 0.0509. The fraction of sp³-hybridized carbons (Fsp3) is 0.588. The molecule has 0 aromatic heterocycles. The average molecular weight is 385 g/mol. The van der Waals surface area contributed by atoms with E-state index < -0.39 is 0 Å². The van der Waals surface area contributed by atoms with E-state index in [1.807, 2.05) is 24.9 Å². The Morgan fingerprint density at radius 2 is 2.09 bits per heavy atom. The molecule has 6 heteroatoms. The number of piperidine rings is 1. The Bertz CT molecular complexity index is 543. The SMILES string of the molecule is CCOc1c(Br)cc(C(=O)N2CCC(CNC)CC2)cc1OC. The monoisotopic (exact) mass is 384 g/mol. The molecule has 1 aliphatic rings. The van der Waals surface area contributed by atoms with Gasteiger partial charge in [0.25, 0.3) is 5.91 Å². The van der Waals surface area contributed by atoms with Gasteiger partial charge in [0.1, 0.15) is 0 Å². The van der Waals surface area contributed by atoms with Crippen molar-refractivity contribution in [3.63, 3.8) is 0 Å². The number of hydrogen-bond donors (Lipinski definition) is 1. The quantitative estimate of drug-likeness (QED) is 0.818. The number of benzene rings is 1. The average Bonchev–Trinajstić information content (AvgIpc) is 2.57. The Labute approximate surface area is 146 Å². The maximum atomic E-state index is 12.7. The van der Waals surface area contributed by atoms with E-state index in [0.29, 0.717) is 29.6 Å². The second-order valence-electron chi connectivity index (χ2n) is 5.72. The van der Waals surface area contributed by atoms with Gasteiger partial charge in [0.2, 0.25) is 0 Å². The second-order valence-corrected chi connectivity index (χ2v) is 6.57. The number of ether oxygens (including phenoxy) is 2. The van der Waals surface area contributed by atoms with Gasteiger partial charge in [-0.25, -0.2) is 0 Å². The molecule has 0 bridgehead atoms. The Morgan fingerprint density at radius 1 is 1.39 bits per heavy atom. The third-order valence-electron chi connectivity index (χ3n) is 4.16. The summed E-state index contributed by atoms with van der Waals surface area (Å²) < 4.78 is 11.7. The second kappa shape index (κ2) is 8.55. The largest absolute Gasteiger partial charge is 0.493 e. The molecule has 0 spiro atoms. The van der Waals surface area contributed by atoms with Crippen LogP contribution in [0.2, 0.25) is 0 Å². The molecule has 5 nitrogen and oxygen atoms in total. The molecule has 1 aliphatic heterocycles. The van der Waals surface area contributed by atoms with Crippen LogP contribution in [0.5, 0.6) is 11.5 Å². The third-order valence-corrected chi connectivity index (χ3v) is 4.75. The molecule has 128 valence electrons. The van der Waals surface area contributed by atoms with Gasteiger partial charge in [-0.2, -0.15) is 0 Å². The van der Waals surface area contributed by atoms with Crippen LogP contribution >= 0.6 is 15.9 Å². The van der Waals surface area contributed by atoms with Gasteiger partial charge in [-0.15, -0.1) is 0 Å². The molecule has 1 saturated heterocycles. The maximum Gasteiger partial charge on any atom is 0.254 e. The van der Waals surface area contributed by atoms with E-state index in [1.54, 1.807) is 13.2 Å². The molecule has 0 aliphatic carbocycles. The van der Waals surface area contributed by atoms with Crippen molar-refractivity contribution < 1.29 is 14.3 Å². The lowest BCUT2D eigenvalue weighted by molar-refractivity contribution is 0.0690. The number of carbonyl (C=O) groups excluding carboxylic acids is 1. The Morgan fingerprint density at radius 3 is 2.65 bits per heavy atom. The summed E-state index contributed by atoms with van der Waals surface area (Å²) in [5, 5.41) is 3.21. The minimum absolute atomic E-state index is 0.0509. The van der Waals surface area contributed by atoms with E-state index >= 15 is 0 Å².